The number of hydrogen-bond donors (Lipinski definition) is 2. The summed E-state index contributed by atoms with van der Waals surface area (Å²) in [6.07, 6.45) is -3.12. The molecule has 1 heterocycles. The Labute approximate surface area is 135 Å². The Morgan fingerprint density at radius 3 is 2.65 bits per heavy atom. The van der Waals surface area contributed by atoms with Gasteiger partial charge in [0, 0.05) is 18.8 Å². The fourth-order valence-electron chi connectivity index (χ4n) is 2.10. The number of carbonyl (C=O) groups is 2. The highest BCUT2D eigenvalue weighted by atomic mass is 35.5. The molecule has 9 heteroatoms. The summed E-state index contributed by atoms with van der Waals surface area (Å²) in [6, 6.07) is 2.86. The second-order valence-electron chi connectivity index (χ2n) is 4.99. The number of amides is 2. The maximum atomic E-state index is 12.7. The van der Waals surface area contributed by atoms with Gasteiger partial charge < -0.3 is 15.4 Å². The fourth-order valence-corrected chi connectivity index (χ4v) is 2.32. The van der Waals surface area contributed by atoms with Gasteiger partial charge in [0.1, 0.15) is 0 Å². The van der Waals surface area contributed by atoms with E-state index >= 15 is 0 Å². The summed E-state index contributed by atoms with van der Waals surface area (Å²) in [5.41, 5.74) is -1.25. The summed E-state index contributed by atoms with van der Waals surface area (Å²) < 4.78 is 43.5. The third kappa shape index (κ3) is 4.84. The number of hydrogen-bond acceptors (Lipinski definition) is 3. The Morgan fingerprint density at radius 2 is 2.04 bits per heavy atom. The van der Waals surface area contributed by atoms with Gasteiger partial charge in [-0.25, -0.2) is 0 Å². The Kier molecular flexibility index (Phi) is 5.48. The van der Waals surface area contributed by atoms with Gasteiger partial charge in [-0.2, -0.15) is 13.2 Å². The third-order valence-corrected chi connectivity index (χ3v) is 3.58. The quantitative estimate of drug-likeness (QED) is 0.823. The lowest BCUT2D eigenvalue weighted by molar-refractivity contribution is -0.137. The van der Waals surface area contributed by atoms with Crippen molar-refractivity contribution < 1.29 is 27.5 Å². The van der Waals surface area contributed by atoms with Gasteiger partial charge in [0.15, 0.2) is 0 Å². The van der Waals surface area contributed by atoms with Crippen molar-refractivity contribution in [1.82, 2.24) is 5.32 Å². The molecule has 126 valence electrons. The molecular weight excluding hydrogens is 337 g/mol. The smallest absolute Gasteiger partial charge is 0.376 e. The van der Waals surface area contributed by atoms with E-state index in [0.717, 1.165) is 18.9 Å². The Bertz CT molecular complexity index is 601. The van der Waals surface area contributed by atoms with Crippen LogP contribution < -0.4 is 10.6 Å². The van der Waals surface area contributed by atoms with E-state index in [-0.39, 0.29) is 18.3 Å². The van der Waals surface area contributed by atoms with Crippen LogP contribution in [-0.4, -0.2) is 31.1 Å². The van der Waals surface area contributed by atoms with Gasteiger partial charge in [-0.1, -0.05) is 11.6 Å². The van der Waals surface area contributed by atoms with Crippen molar-refractivity contribution in [3.63, 3.8) is 0 Å². The van der Waals surface area contributed by atoms with Crippen LogP contribution in [0.15, 0.2) is 18.2 Å². The van der Waals surface area contributed by atoms with E-state index in [2.05, 4.69) is 10.6 Å². The zero-order valence-corrected chi connectivity index (χ0v) is 12.6. The zero-order valence-electron chi connectivity index (χ0n) is 11.9. The topological polar surface area (TPSA) is 67.4 Å². The Morgan fingerprint density at radius 1 is 1.30 bits per heavy atom. The van der Waals surface area contributed by atoms with E-state index in [9.17, 15) is 22.8 Å². The normalized spacial score (nSPS) is 17.8. The highest BCUT2D eigenvalue weighted by molar-refractivity contribution is 6.39. The minimum atomic E-state index is -4.65. The predicted molar refractivity (Wildman–Crippen MR) is 77.1 cm³/mol. The molecule has 2 amide bonds. The first-order chi connectivity index (χ1) is 10.8. The summed E-state index contributed by atoms with van der Waals surface area (Å²) in [4.78, 5) is 23.3. The lowest BCUT2D eigenvalue weighted by Crippen LogP contribution is -2.39. The van der Waals surface area contributed by atoms with Crippen LogP contribution in [0.4, 0.5) is 18.9 Å². The van der Waals surface area contributed by atoms with E-state index in [1.165, 1.54) is 6.07 Å². The van der Waals surface area contributed by atoms with E-state index in [1.807, 2.05) is 0 Å². The largest absolute Gasteiger partial charge is 0.417 e. The first-order valence-electron chi connectivity index (χ1n) is 6.85. The number of halogens is 4. The van der Waals surface area contributed by atoms with E-state index < -0.39 is 28.6 Å². The molecule has 1 aliphatic rings. The SMILES string of the molecule is O=C(NCC1CCCO1)C(=O)Nc1ccc(Cl)c(C(F)(F)F)c1. The van der Waals surface area contributed by atoms with Crippen molar-refractivity contribution in [2.45, 2.75) is 25.1 Å². The average Bonchev–Trinajstić information content (AvgIpc) is 2.98. The van der Waals surface area contributed by atoms with Crippen LogP contribution in [0.3, 0.4) is 0 Å². The number of anilines is 1. The lowest BCUT2D eigenvalue weighted by Gasteiger charge is -2.13. The van der Waals surface area contributed by atoms with Crippen molar-refractivity contribution >= 4 is 29.1 Å². The number of rotatable bonds is 3. The molecule has 2 rings (SSSR count). The van der Waals surface area contributed by atoms with Crippen LogP contribution in [-0.2, 0) is 20.5 Å². The minimum absolute atomic E-state index is 0.140. The maximum Gasteiger partial charge on any atom is 0.417 e. The Balaban J connectivity index is 1.95. The molecule has 1 aliphatic heterocycles. The predicted octanol–water partition coefficient (Wildman–Crippen LogP) is 2.59. The standard InChI is InChI=1S/C14H14ClF3N2O3/c15-11-4-3-8(6-10(11)14(16,17)18)20-13(22)12(21)19-7-9-2-1-5-23-9/h3-4,6,9H,1-2,5,7H2,(H,19,21)(H,20,22). The second-order valence-corrected chi connectivity index (χ2v) is 5.40. The molecule has 0 spiro atoms. The molecule has 0 aromatic heterocycles. The molecule has 1 saturated heterocycles. The van der Waals surface area contributed by atoms with Crippen LogP contribution >= 0.6 is 11.6 Å². The fraction of sp³-hybridized carbons (Fsp3) is 0.429. The van der Waals surface area contributed by atoms with Crippen LogP contribution in [0.2, 0.25) is 5.02 Å². The molecule has 1 fully saturated rings. The molecule has 1 atom stereocenters. The van der Waals surface area contributed by atoms with Crippen LogP contribution in [0, 0.1) is 0 Å². The van der Waals surface area contributed by atoms with Crippen molar-refractivity contribution in [1.29, 1.82) is 0 Å². The molecular formula is C14H14ClF3N2O3. The van der Waals surface area contributed by atoms with E-state index in [4.69, 9.17) is 16.3 Å². The van der Waals surface area contributed by atoms with Crippen molar-refractivity contribution in [3.05, 3.63) is 28.8 Å². The van der Waals surface area contributed by atoms with Crippen molar-refractivity contribution in [3.8, 4) is 0 Å². The van der Waals surface area contributed by atoms with Gasteiger partial charge in [-0.15, -0.1) is 0 Å². The monoisotopic (exact) mass is 350 g/mol. The number of alkyl halides is 3. The molecule has 0 bridgehead atoms. The van der Waals surface area contributed by atoms with Gasteiger partial charge in [0.05, 0.1) is 16.7 Å². The molecule has 0 aliphatic carbocycles. The number of nitrogens with one attached hydrogen (secondary N) is 2. The van der Waals surface area contributed by atoms with Crippen LogP contribution in [0.5, 0.6) is 0 Å². The molecule has 0 saturated carbocycles. The molecule has 2 N–H and O–H groups in total. The van der Waals surface area contributed by atoms with Crippen LogP contribution in [0.1, 0.15) is 18.4 Å². The number of ether oxygens (including phenoxy) is 1. The maximum absolute atomic E-state index is 12.7. The summed E-state index contributed by atoms with van der Waals surface area (Å²) in [5, 5.41) is 4.00. The summed E-state index contributed by atoms with van der Waals surface area (Å²) in [5.74, 6) is -2.00. The van der Waals surface area contributed by atoms with Gasteiger partial charge in [0.2, 0.25) is 0 Å². The molecule has 0 radical (unpaired) electrons. The van der Waals surface area contributed by atoms with E-state index in [1.54, 1.807) is 0 Å². The zero-order chi connectivity index (χ0) is 17.0. The molecule has 5 nitrogen and oxygen atoms in total. The van der Waals surface area contributed by atoms with Gasteiger partial charge in [-0.05, 0) is 31.0 Å². The second kappa shape index (κ2) is 7.18. The van der Waals surface area contributed by atoms with Crippen molar-refractivity contribution in [2.75, 3.05) is 18.5 Å². The molecule has 1 aromatic carbocycles. The summed E-state index contributed by atoms with van der Waals surface area (Å²) in [6.45, 7) is 0.790. The van der Waals surface area contributed by atoms with Crippen molar-refractivity contribution in [2.24, 2.45) is 0 Å². The van der Waals surface area contributed by atoms with Gasteiger partial charge in [-0.3, -0.25) is 9.59 Å². The first-order valence-corrected chi connectivity index (χ1v) is 7.22. The molecule has 1 aromatic rings. The minimum Gasteiger partial charge on any atom is -0.376 e. The highest BCUT2D eigenvalue weighted by Gasteiger charge is 2.33. The lowest BCUT2D eigenvalue weighted by atomic mass is 10.2. The summed E-state index contributed by atoms with van der Waals surface area (Å²) in [7, 11) is 0. The first kappa shape index (κ1) is 17.6. The number of benzene rings is 1. The number of carbonyl (C=O) groups excluding carboxylic acids is 2. The van der Waals surface area contributed by atoms with Gasteiger partial charge >= 0.3 is 18.0 Å². The third-order valence-electron chi connectivity index (χ3n) is 3.25. The van der Waals surface area contributed by atoms with Gasteiger partial charge in [0.25, 0.3) is 0 Å². The van der Waals surface area contributed by atoms with E-state index in [0.29, 0.717) is 12.7 Å². The van der Waals surface area contributed by atoms with Crippen LogP contribution in [0.25, 0.3) is 0 Å². The molecule has 23 heavy (non-hydrogen) atoms. The summed E-state index contributed by atoms with van der Waals surface area (Å²) >= 11 is 5.48. The average molecular weight is 351 g/mol. The Hall–Kier alpha value is -1.80. The highest BCUT2D eigenvalue weighted by Crippen LogP contribution is 2.36. The molecule has 1 unspecified atom stereocenters.